The topological polar surface area (TPSA) is 73.8 Å². The summed E-state index contributed by atoms with van der Waals surface area (Å²) in [5.74, 6) is -1.22. The van der Waals surface area contributed by atoms with Gasteiger partial charge in [0.1, 0.15) is 5.82 Å². The Morgan fingerprint density at radius 1 is 1.19 bits per heavy atom. The van der Waals surface area contributed by atoms with Gasteiger partial charge in [0.25, 0.3) is 5.91 Å². The van der Waals surface area contributed by atoms with Crippen molar-refractivity contribution in [3.8, 4) is 5.82 Å². The van der Waals surface area contributed by atoms with Crippen LogP contribution in [0.5, 0.6) is 0 Å². The summed E-state index contributed by atoms with van der Waals surface area (Å²) >= 11 is 0. The second-order valence-corrected chi connectivity index (χ2v) is 5.96. The van der Waals surface area contributed by atoms with Gasteiger partial charge in [-0.05, 0) is 54.8 Å². The summed E-state index contributed by atoms with van der Waals surface area (Å²) in [7, 11) is 0. The van der Waals surface area contributed by atoms with Crippen LogP contribution in [0.2, 0.25) is 0 Å². The third-order valence-electron chi connectivity index (χ3n) is 4.00. The van der Waals surface area contributed by atoms with Crippen LogP contribution < -0.4 is 5.73 Å². The highest BCUT2D eigenvalue weighted by Gasteiger charge is 2.31. The number of rotatable bonds is 4. The number of benzene rings is 1. The second kappa shape index (κ2) is 6.82. The minimum absolute atomic E-state index is 0.0688. The maximum atomic E-state index is 13.6. The number of aromatic nitrogens is 3. The van der Waals surface area contributed by atoms with E-state index in [0.29, 0.717) is 23.1 Å². The fourth-order valence-corrected chi connectivity index (χ4v) is 2.72. The van der Waals surface area contributed by atoms with Gasteiger partial charge in [-0.3, -0.25) is 4.79 Å². The zero-order valence-corrected chi connectivity index (χ0v) is 14.1. The lowest BCUT2D eigenvalue weighted by molar-refractivity contribution is -0.137. The van der Waals surface area contributed by atoms with Crippen LogP contribution in [0.15, 0.2) is 42.7 Å². The van der Waals surface area contributed by atoms with Gasteiger partial charge < -0.3 is 5.73 Å². The number of nitrogens with two attached hydrogens (primary N) is 1. The minimum Gasteiger partial charge on any atom is -0.365 e. The lowest BCUT2D eigenvalue weighted by atomic mass is 10.0. The first-order valence-corrected chi connectivity index (χ1v) is 7.81. The van der Waals surface area contributed by atoms with Crippen molar-refractivity contribution in [2.45, 2.75) is 19.5 Å². The maximum Gasteiger partial charge on any atom is 0.416 e. The van der Waals surface area contributed by atoms with Crippen molar-refractivity contribution >= 4 is 5.91 Å². The van der Waals surface area contributed by atoms with Gasteiger partial charge in [-0.2, -0.15) is 18.3 Å². The highest BCUT2D eigenvalue weighted by atomic mass is 19.4. The van der Waals surface area contributed by atoms with Crippen molar-refractivity contribution < 1.29 is 22.4 Å². The van der Waals surface area contributed by atoms with Gasteiger partial charge in [0.15, 0.2) is 5.82 Å². The number of carbonyl (C=O) groups excluding carboxylic acids is 1. The van der Waals surface area contributed by atoms with Crippen LogP contribution in [0.1, 0.15) is 32.7 Å². The first-order chi connectivity index (χ1) is 12.6. The van der Waals surface area contributed by atoms with Gasteiger partial charge in [-0.15, -0.1) is 0 Å². The summed E-state index contributed by atoms with van der Waals surface area (Å²) in [4.78, 5) is 15.5. The van der Waals surface area contributed by atoms with Crippen molar-refractivity contribution in [2.75, 3.05) is 0 Å². The molecule has 0 spiro atoms. The van der Waals surface area contributed by atoms with E-state index in [1.54, 1.807) is 19.1 Å². The van der Waals surface area contributed by atoms with Crippen LogP contribution in [0.25, 0.3) is 5.82 Å². The van der Waals surface area contributed by atoms with Crippen molar-refractivity contribution in [1.29, 1.82) is 0 Å². The first-order valence-electron chi connectivity index (χ1n) is 7.81. The molecule has 0 saturated carbocycles. The smallest absolute Gasteiger partial charge is 0.365 e. The van der Waals surface area contributed by atoms with Crippen molar-refractivity contribution in [1.82, 2.24) is 14.8 Å². The Bertz CT molecular complexity index is 1010. The molecule has 0 aliphatic carbocycles. The lowest BCUT2D eigenvalue weighted by Crippen LogP contribution is -2.12. The predicted molar refractivity (Wildman–Crippen MR) is 88.8 cm³/mol. The monoisotopic (exact) mass is 378 g/mol. The highest BCUT2D eigenvalue weighted by molar-refractivity contribution is 5.93. The molecule has 5 nitrogen and oxygen atoms in total. The average molecular weight is 378 g/mol. The molecule has 0 saturated heterocycles. The van der Waals surface area contributed by atoms with Gasteiger partial charge in [-0.25, -0.2) is 14.1 Å². The first kappa shape index (κ1) is 18.6. The number of hydrogen-bond donors (Lipinski definition) is 1. The number of pyridine rings is 1. The zero-order chi connectivity index (χ0) is 19.8. The third kappa shape index (κ3) is 3.97. The van der Waals surface area contributed by atoms with E-state index in [-0.39, 0.29) is 17.5 Å². The molecule has 1 amide bonds. The number of alkyl halides is 3. The summed E-state index contributed by atoms with van der Waals surface area (Å²) in [6, 6.07) is 5.63. The third-order valence-corrected chi connectivity index (χ3v) is 4.00. The molecule has 0 aliphatic rings. The fourth-order valence-electron chi connectivity index (χ4n) is 2.72. The van der Waals surface area contributed by atoms with Gasteiger partial charge in [0, 0.05) is 6.20 Å². The second-order valence-electron chi connectivity index (χ2n) is 5.96. The Morgan fingerprint density at radius 3 is 2.56 bits per heavy atom. The van der Waals surface area contributed by atoms with E-state index >= 15 is 0 Å². The summed E-state index contributed by atoms with van der Waals surface area (Å²) in [6.45, 7) is 1.64. The number of hydrogen-bond acceptors (Lipinski definition) is 3. The molecule has 27 heavy (non-hydrogen) atoms. The molecule has 2 N–H and O–H groups in total. The van der Waals surface area contributed by atoms with Crippen molar-refractivity contribution in [2.24, 2.45) is 5.73 Å². The Labute approximate surface area is 151 Å². The number of primary amides is 1. The molecule has 0 unspecified atom stereocenters. The Balaban J connectivity index is 1.94. The minimum atomic E-state index is -4.63. The standard InChI is InChI=1S/C18H14F4N4O/c1-10-15(17(23)27)9-25-26(10)16-7-11(2-3-24-16)4-12-5-13(18(20,21)22)8-14(19)6-12/h2-3,5-9H,4H2,1H3,(H2,23,27). The van der Waals surface area contributed by atoms with E-state index in [1.807, 2.05) is 0 Å². The van der Waals surface area contributed by atoms with Gasteiger partial charge in [0.05, 0.1) is 23.0 Å². The number of halogens is 4. The molecule has 0 radical (unpaired) electrons. The lowest BCUT2D eigenvalue weighted by Gasteiger charge is -2.10. The molecule has 2 aromatic heterocycles. The molecule has 2 heterocycles. The molecule has 140 valence electrons. The van der Waals surface area contributed by atoms with E-state index < -0.39 is 23.5 Å². The number of nitrogens with zero attached hydrogens (tertiary/aromatic N) is 3. The summed E-state index contributed by atoms with van der Waals surface area (Å²) in [6.07, 6.45) is -1.79. The van der Waals surface area contributed by atoms with E-state index in [4.69, 9.17) is 5.73 Å². The largest absolute Gasteiger partial charge is 0.416 e. The van der Waals surface area contributed by atoms with Crippen LogP contribution in [0, 0.1) is 12.7 Å². The zero-order valence-electron chi connectivity index (χ0n) is 14.1. The number of carbonyl (C=O) groups is 1. The SMILES string of the molecule is Cc1c(C(N)=O)cnn1-c1cc(Cc2cc(F)cc(C(F)(F)F)c2)ccn1. The fraction of sp³-hybridized carbons (Fsp3) is 0.167. The Morgan fingerprint density at radius 2 is 1.93 bits per heavy atom. The van der Waals surface area contributed by atoms with Crippen LogP contribution in [0.4, 0.5) is 17.6 Å². The summed E-state index contributed by atoms with van der Waals surface area (Å²) in [5.41, 5.74) is 5.72. The quantitative estimate of drug-likeness (QED) is 0.707. The Hall–Kier alpha value is -3.23. The summed E-state index contributed by atoms with van der Waals surface area (Å²) < 4.78 is 53.5. The molecule has 3 rings (SSSR count). The normalized spacial score (nSPS) is 11.6. The molecular weight excluding hydrogens is 364 g/mol. The van der Waals surface area contributed by atoms with E-state index in [2.05, 4.69) is 10.1 Å². The van der Waals surface area contributed by atoms with Crippen LogP contribution >= 0.6 is 0 Å². The summed E-state index contributed by atoms with van der Waals surface area (Å²) in [5, 5.41) is 4.06. The van der Waals surface area contributed by atoms with Gasteiger partial charge in [-0.1, -0.05) is 0 Å². The van der Waals surface area contributed by atoms with Crippen molar-refractivity contribution in [3.05, 3.63) is 76.5 Å². The molecule has 0 bridgehead atoms. The Kier molecular flexibility index (Phi) is 4.69. The molecule has 3 aromatic rings. The number of amides is 1. The van der Waals surface area contributed by atoms with Crippen molar-refractivity contribution in [3.63, 3.8) is 0 Å². The van der Waals surface area contributed by atoms with E-state index in [9.17, 15) is 22.4 Å². The van der Waals surface area contributed by atoms with Crippen LogP contribution in [-0.2, 0) is 12.6 Å². The highest BCUT2D eigenvalue weighted by Crippen LogP contribution is 2.31. The van der Waals surface area contributed by atoms with Crippen LogP contribution in [0.3, 0.4) is 0 Å². The predicted octanol–water partition coefficient (Wildman–Crippen LogP) is 3.42. The van der Waals surface area contributed by atoms with Gasteiger partial charge in [0.2, 0.25) is 0 Å². The molecule has 0 atom stereocenters. The van der Waals surface area contributed by atoms with E-state index in [1.165, 1.54) is 17.1 Å². The average Bonchev–Trinajstić information content (AvgIpc) is 2.95. The molecule has 9 heteroatoms. The van der Waals surface area contributed by atoms with Gasteiger partial charge >= 0.3 is 6.18 Å². The molecular formula is C18H14F4N4O. The van der Waals surface area contributed by atoms with Crippen LogP contribution in [-0.4, -0.2) is 20.7 Å². The molecule has 0 fully saturated rings. The molecule has 1 aromatic carbocycles. The molecule has 0 aliphatic heterocycles. The van der Waals surface area contributed by atoms with E-state index in [0.717, 1.165) is 12.1 Å². The maximum absolute atomic E-state index is 13.6.